The SMILES string of the molecule is C[C@H](/C=N\NC(=O)Cc1cc(=O)[nH]c(=S)[nH]1)c1ccccc1. The molecule has 2 rings (SSSR count). The molecule has 114 valence electrons. The first-order valence-electron chi connectivity index (χ1n) is 6.74. The highest BCUT2D eigenvalue weighted by Crippen LogP contribution is 2.11. The van der Waals surface area contributed by atoms with E-state index in [1.807, 2.05) is 37.3 Å². The lowest BCUT2D eigenvalue weighted by Crippen LogP contribution is -2.22. The molecule has 3 N–H and O–H groups in total. The molecule has 0 spiro atoms. The van der Waals surface area contributed by atoms with Crippen molar-refractivity contribution in [1.29, 1.82) is 0 Å². The second-order valence-corrected chi connectivity index (χ2v) is 5.21. The van der Waals surface area contributed by atoms with Gasteiger partial charge in [0.05, 0.1) is 6.42 Å². The Morgan fingerprint density at radius 3 is 2.77 bits per heavy atom. The highest BCUT2D eigenvalue weighted by atomic mass is 32.1. The second-order valence-electron chi connectivity index (χ2n) is 4.80. The topological polar surface area (TPSA) is 90.1 Å². The fourth-order valence-corrected chi connectivity index (χ4v) is 2.12. The zero-order chi connectivity index (χ0) is 15.9. The monoisotopic (exact) mass is 316 g/mol. The molecule has 1 amide bonds. The van der Waals surface area contributed by atoms with Crippen molar-refractivity contribution in [3.63, 3.8) is 0 Å². The van der Waals surface area contributed by atoms with Crippen molar-refractivity contribution >= 4 is 24.3 Å². The Kier molecular flexibility index (Phi) is 5.37. The van der Waals surface area contributed by atoms with Crippen LogP contribution in [0.5, 0.6) is 0 Å². The molecule has 1 aromatic carbocycles. The fraction of sp³-hybridized carbons (Fsp3) is 0.200. The highest BCUT2D eigenvalue weighted by molar-refractivity contribution is 7.71. The number of rotatable bonds is 5. The molecule has 0 aliphatic rings. The Morgan fingerprint density at radius 1 is 1.36 bits per heavy atom. The number of nitrogens with one attached hydrogen (secondary N) is 3. The number of carbonyl (C=O) groups excluding carboxylic acids is 1. The third kappa shape index (κ3) is 4.78. The third-order valence-electron chi connectivity index (χ3n) is 2.98. The third-order valence-corrected chi connectivity index (χ3v) is 3.18. The van der Waals surface area contributed by atoms with Crippen molar-refractivity contribution in [2.24, 2.45) is 5.10 Å². The van der Waals surface area contributed by atoms with Gasteiger partial charge in [-0.25, -0.2) is 5.43 Å². The van der Waals surface area contributed by atoms with E-state index in [4.69, 9.17) is 12.2 Å². The van der Waals surface area contributed by atoms with Crippen molar-refractivity contribution in [1.82, 2.24) is 15.4 Å². The molecule has 0 saturated carbocycles. The van der Waals surface area contributed by atoms with E-state index in [0.717, 1.165) is 5.56 Å². The molecule has 0 fully saturated rings. The average molecular weight is 316 g/mol. The molecule has 1 aromatic heterocycles. The molecule has 0 radical (unpaired) electrons. The Labute approximate surface area is 132 Å². The molecule has 2 aromatic rings. The van der Waals surface area contributed by atoms with Crippen molar-refractivity contribution in [3.8, 4) is 0 Å². The number of hydrazone groups is 1. The number of hydrogen-bond acceptors (Lipinski definition) is 4. The summed E-state index contributed by atoms with van der Waals surface area (Å²) in [6.07, 6.45) is 1.66. The first kappa shape index (κ1) is 15.8. The molecule has 0 aliphatic carbocycles. The number of nitrogens with zero attached hydrogens (tertiary/aromatic N) is 1. The maximum Gasteiger partial charge on any atom is 0.251 e. The first-order valence-corrected chi connectivity index (χ1v) is 7.15. The molecule has 1 heterocycles. The maximum atomic E-state index is 11.8. The van der Waals surface area contributed by atoms with Crippen LogP contribution in [-0.2, 0) is 11.2 Å². The van der Waals surface area contributed by atoms with Gasteiger partial charge in [0.25, 0.3) is 5.56 Å². The lowest BCUT2D eigenvalue weighted by molar-refractivity contribution is -0.120. The molecule has 7 heteroatoms. The predicted molar refractivity (Wildman–Crippen MR) is 87.4 cm³/mol. The minimum absolute atomic E-state index is 0.00458. The summed E-state index contributed by atoms with van der Waals surface area (Å²) < 4.78 is 0.191. The van der Waals surface area contributed by atoms with Gasteiger partial charge in [0.15, 0.2) is 4.77 Å². The van der Waals surface area contributed by atoms with Gasteiger partial charge in [-0.3, -0.25) is 14.6 Å². The highest BCUT2D eigenvalue weighted by Gasteiger charge is 2.04. The largest absolute Gasteiger partial charge is 0.335 e. The molecule has 0 saturated heterocycles. The minimum Gasteiger partial charge on any atom is -0.335 e. The van der Waals surface area contributed by atoms with Gasteiger partial charge in [-0.1, -0.05) is 37.3 Å². The number of hydrogen-bond donors (Lipinski definition) is 3. The molecule has 22 heavy (non-hydrogen) atoms. The molecular formula is C15H16N4O2S. The van der Waals surface area contributed by atoms with Gasteiger partial charge in [-0.2, -0.15) is 5.10 Å². The Bertz CT molecular complexity index is 752. The number of benzene rings is 1. The van der Waals surface area contributed by atoms with Crippen LogP contribution < -0.4 is 11.0 Å². The van der Waals surface area contributed by atoms with Crippen molar-refractivity contribution < 1.29 is 4.79 Å². The lowest BCUT2D eigenvalue weighted by Gasteiger charge is -2.05. The number of carbonyl (C=O) groups is 1. The smallest absolute Gasteiger partial charge is 0.251 e. The van der Waals surface area contributed by atoms with E-state index in [0.29, 0.717) is 5.69 Å². The van der Waals surface area contributed by atoms with E-state index >= 15 is 0 Å². The van der Waals surface area contributed by atoms with Crippen LogP contribution in [-0.4, -0.2) is 22.1 Å². The van der Waals surface area contributed by atoms with Crippen LogP contribution in [0.2, 0.25) is 0 Å². The van der Waals surface area contributed by atoms with E-state index in [1.54, 1.807) is 6.21 Å². The normalized spacial score (nSPS) is 12.2. The van der Waals surface area contributed by atoms with E-state index in [1.165, 1.54) is 6.07 Å². The van der Waals surface area contributed by atoms with Gasteiger partial charge in [-0.05, 0) is 17.8 Å². The fourth-order valence-electron chi connectivity index (χ4n) is 1.89. The summed E-state index contributed by atoms with van der Waals surface area (Å²) in [6, 6.07) is 11.1. The molecule has 0 aliphatic heterocycles. The Hall–Kier alpha value is -2.54. The van der Waals surface area contributed by atoms with Crippen molar-refractivity contribution in [2.45, 2.75) is 19.3 Å². The van der Waals surface area contributed by atoms with Crippen LogP contribution >= 0.6 is 12.2 Å². The molecular weight excluding hydrogens is 300 g/mol. The predicted octanol–water partition coefficient (Wildman–Crippen LogP) is 1.88. The van der Waals surface area contributed by atoms with E-state index in [2.05, 4.69) is 20.5 Å². The van der Waals surface area contributed by atoms with E-state index < -0.39 is 0 Å². The molecule has 0 unspecified atom stereocenters. The lowest BCUT2D eigenvalue weighted by atomic mass is 10.0. The van der Waals surface area contributed by atoms with E-state index in [9.17, 15) is 9.59 Å². The van der Waals surface area contributed by atoms with Crippen LogP contribution in [0.1, 0.15) is 24.1 Å². The summed E-state index contributed by atoms with van der Waals surface area (Å²) in [5.74, 6) is -0.236. The zero-order valence-electron chi connectivity index (χ0n) is 12.0. The minimum atomic E-state index is -0.340. The molecule has 6 nitrogen and oxygen atoms in total. The summed E-state index contributed by atoms with van der Waals surface area (Å²) in [5, 5.41) is 3.94. The number of amides is 1. The Balaban J connectivity index is 1.91. The second kappa shape index (κ2) is 7.46. The first-order chi connectivity index (χ1) is 10.5. The maximum absolute atomic E-state index is 11.8. The summed E-state index contributed by atoms with van der Waals surface area (Å²) in [7, 11) is 0. The number of aromatic nitrogens is 2. The van der Waals surface area contributed by atoms with Crippen molar-refractivity contribution in [3.05, 3.63) is 62.8 Å². The molecule has 0 bridgehead atoms. The van der Waals surface area contributed by atoms with Gasteiger partial charge in [0.1, 0.15) is 0 Å². The van der Waals surface area contributed by atoms with Crippen LogP contribution in [0.3, 0.4) is 0 Å². The van der Waals surface area contributed by atoms with Crippen molar-refractivity contribution in [2.75, 3.05) is 0 Å². The van der Waals surface area contributed by atoms with Crippen LogP contribution in [0.15, 0.2) is 46.3 Å². The van der Waals surface area contributed by atoms with Gasteiger partial charge in [0.2, 0.25) is 5.91 Å². The molecule has 1 atom stereocenters. The summed E-state index contributed by atoms with van der Waals surface area (Å²) in [6.45, 7) is 1.99. The Morgan fingerprint density at radius 2 is 2.09 bits per heavy atom. The standard InChI is InChI=1S/C15H16N4O2S/c1-10(11-5-3-2-4-6-11)9-16-19-14(21)8-12-7-13(20)18-15(22)17-12/h2-7,9-10H,8H2,1H3,(H,19,21)(H2,17,18,20,22)/b16-9-/t10-/m1/s1. The quantitative estimate of drug-likeness (QED) is 0.447. The zero-order valence-corrected chi connectivity index (χ0v) is 12.8. The number of aromatic amines is 2. The van der Waals surface area contributed by atoms with Crippen LogP contribution in [0.4, 0.5) is 0 Å². The summed E-state index contributed by atoms with van der Waals surface area (Å²) in [5.41, 5.74) is 3.65. The van der Waals surface area contributed by atoms with Gasteiger partial charge < -0.3 is 4.98 Å². The van der Waals surface area contributed by atoms with Gasteiger partial charge in [0, 0.05) is 23.9 Å². The summed E-state index contributed by atoms with van der Waals surface area (Å²) >= 11 is 4.84. The van der Waals surface area contributed by atoms with Gasteiger partial charge in [-0.15, -0.1) is 0 Å². The van der Waals surface area contributed by atoms with Crippen LogP contribution in [0, 0.1) is 4.77 Å². The van der Waals surface area contributed by atoms with Crippen LogP contribution in [0.25, 0.3) is 0 Å². The summed E-state index contributed by atoms with van der Waals surface area (Å²) in [4.78, 5) is 28.2. The number of H-pyrrole nitrogens is 2. The van der Waals surface area contributed by atoms with Gasteiger partial charge >= 0.3 is 0 Å². The average Bonchev–Trinajstić information content (AvgIpc) is 2.47. The van der Waals surface area contributed by atoms with E-state index in [-0.39, 0.29) is 28.6 Å².